The molecule has 0 spiro atoms. The highest BCUT2D eigenvalue weighted by Gasteiger charge is 2.18. The number of carbonyl (C=O) groups excluding carboxylic acids is 1. The lowest BCUT2D eigenvalue weighted by atomic mass is 10.1. The number of carbonyl (C=O) groups is 1. The van der Waals surface area contributed by atoms with Crippen molar-refractivity contribution in [2.75, 3.05) is 18.5 Å². The predicted molar refractivity (Wildman–Crippen MR) is 117 cm³/mol. The van der Waals surface area contributed by atoms with Crippen LogP contribution in [0.15, 0.2) is 79.0 Å². The Kier molecular flexibility index (Phi) is 5.94. The summed E-state index contributed by atoms with van der Waals surface area (Å²) < 4.78 is 13.0. The molecule has 0 saturated carbocycles. The molecule has 0 bridgehead atoms. The Labute approximate surface area is 175 Å². The Bertz CT molecular complexity index is 1120. The zero-order chi connectivity index (χ0) is 20.8. The van der Waals surface area contributed by atoms with Gasteiger partial charge in [0, 0.05) is 11.8 Å². The fourth-order valence-corrected chi connectivity index (χ4v) is 3.22. The van der Waals surface area contributed by atoms with Gasteiger partial charge in [-0.25, -0.2) is 4.98 Å². The quantitative estimate of drug-likeness (QED) is 0.439. The number of hydrogen-bond acceptors (Lipinski definition) is 5. The molecule has 0 aliphatic heterocycles. The second-order valence-electron chi connectivity index (χ2n) is 6.67. The molecule has 2 aromatic carbocycles. The Hall–Kier alpha value is -3.80. The molecule has 0 radical (unpaired) electrons. The summed E-state index contributed by atoms with van der Waals surface area (Å²) in [7, 11) is 0. The van der Waals surface area contributed by atoms with E-state index in [0.717, 1.165) is 22.6 Å². The summed E-state index contributed by atoms with van der Waals surface area (Å²) in [6.07, 6.45) is 1.90. The molecule has 6 nitrogen and oxygen atoms in total. The van der Waals surface area contributed by atoms with E-state index in [1.807, 2.05) is 83.4 Å². The molecule has 0 aliphatic carbocycles. The number of esters is 1. The van der Waals surface area contributed by atoms with Gasteiger partial charge in [-0.05, 0) is 24.6 Å². The van der Waals surface area contributed by atoms with Crippen LogP contribution in [0.1, 0.15) is 12.5 Å². The van der Waals surface area contributed by atoms with E-state index in [0.29, 0.717) is 24.6 Å². The van der Waals surface area contributed by atoms with Crippen LogP contribution < -0.4 is 10.1 Å². The third-order valence-electron chi connectivity index (χ3n) is 4.60. The van der Waals surface area contributed by atoms with Crippen molar-refractivity contribution in [3.05, 3.63) is 84.6 Å². The third-order valence-corrected chi connectivity index (χ3v) is 4.60. The molecule has 4 rings (SSSR count). The lowest BCUT2D eigenvalue weighted by molar-refractivity contribution is -0.140. The van der Waals surface area contributed by atoms with Crippen LogP contribution >= 0.6 is 0 Å². The van der Waals surface area contributed by atoms with Crippen molar-refractivity contribution in [1.29, 1.82) is 0 Å². The van der Waals surface area contributed by atoms with Crippen molar-refractivity contribution >= 4 is 17.4 Å². The zero-order valence-corrected chi connectivity index (χ0v) is 16.7. The molecule has 2 aromatic heterocycles. The molecule has 0 aliphatic rings. The number of nitrogens with zero attached hydrogens (tertiary/aromatic N) is 2. The molecule has 0 amide bonds. The summed E-state index contributed by atoms with van der Waals surface area (Å²) >= 11 is 0. The number of ether oxygens (including phenoxy) is 2. The van der Waals surface area contributed by atoms with E-state index in [1.165, 1.54) is 0 Å². The van der Waals surface area contributed by atoms with Crippen molar-refractivity contribution in [2.45, 2.75) is 13.5 Å². The van der Waals surface area contributed by atoms with E-state index >= 15 is 0 Å². The van der Waals surface area contributed by atoms with Crippen LogP contribution in [0.5, 0.6) is 5.75 Å². The van der Waals surface area contributed by atoms with Crippen LogP contribution in [-0.4, -0.2) is 28.5 Å². The number of rotatable bonds is 8. The average molecular weight is 401 g/mol. The number of hydrogen-bond donors (Lipinski definition) is 1. The van der Waals surface area contributed by atoms with Crippen LogP contribution in [0.4, 0.5) is 5.82 Å². The summed E-state index contributed by atoms with van der Waals surface area (Å²) in [5.74, 6) is 1.07. The van der Waals surface area contributed by atoms with Crippen molar-refractivity contribution in [3.63, 3.8) is 0 Å². The van der Waals surface area contributed by atoms with E-state index < -0.39 is 0 Å². The number of nitrogens with one attached hydrogen (secondary N) is 1. The molecule has 152 valence electrons. The molecular weight excluding hydrogens is 378 g/mol. The van der Waals surface area contributed by atoms with Gasteiger partial charge in [-0.3, -0.25) is 9.20 Å². The van der Waals surface area contributed by atoms with Gasteiger partial charge in [-0.1, -0.05) is 60.7 Å². The lowest BCUT2D eigenvalue weighted by Gasteiger charge is -2.10. The highest BCUT2D eigenvalue weighted by atomic mass is 16.5. The van der Waals surface area contributed by atoms with Gasteiger partial charge in [0.2, 0.25) is 0 Å². The largest absolute Gasteiger partial charge is 0.485 e. The van der Waals surface area contributed by atoms with Gasteiger partial charge < -0.3 is 14.8 Å². The summed E-state index contributed by atoms with van der Waals surface area (Å²) in [5.41, 5.74) is 3.45. The number of benzene rings is 2. The Balaban J connectivity index is 1.70. The number of fused-ring (bicyclic) bond motifs is 1. The summed E-state index contributed by atoms with van der Waals surface area (Å²) in [6.45, 7) is 2.63. The van der Waals surface area contributed by atoms with Gasteiger partial charge in [0.25, 0.3) is 0 Å². The van der Waals surface area contributed by atoms with Gasteiger partial charge in [0.1, 0.15) is 24.7 Å². The van der Waals surface area contributed by atoms with Gasteiger partial charge >= 0.3 is 5.97 Å². The number of anilines is 1. The SMILES string of the molecule is CCOC(=O)CNc1c(-c2ccccc2)nc2c(OCc3ccccc3)cccn12. The Morgan fingerprint density at radius 2 is 1.73 bits per heavy atom. The van der Waals surface area contributed by atoms with E-state index in [2.05, 4.69) is 5.32 Å². The van der Waals surface area contributed by atoms with Crippen molar-refractivity contribution in [1.82, 2.24) is 9.38 Å². The highest BCUT2D eigenvalue weighted by Crippen LogP contribution is 2.32. The monoisotopic (exact) mass is 401 g/mol. The smallest absolute Gasteiger partial charge is 0.325 e. The first-order valence-electron chi connectivity index (χ1n) is 9.89. The summed E-state index contributed by atoms with van der Waals surface area (Å²) in [5, 5.41) is 3.19. The van der Waals surface area contributed by atoms with E-state index in [1.54, 1.807) is 6.92 Å². The molecule has 0 fully saturated rings. The number of imidazole rings is 1. The molecule has 6 heteroatoms. The maximum absolute atomic E-state index is 11.9. The van der Waals surface area contributed by atoms with E-state index in [-0.39, 0.29) is 12.5 Å². The van der Waals surface area contributed by atoms with Gasteiger partial charge in [0.15, 0.2) is 11.4 Å². The Morgan fingerprint density at radius 3 is 2.47 bits per heavy atom. The Morgan fingerprint density at radius 1 is 1.00 bits per heavy atom. The van der Waals surface area contributed by atoms with Gasteiger partial charge in [-0.2, -0.15) is 0 Å². The first kappa shape index (κ1) is 19.5. The van der Waals surface area contributed by atoms with E-state index in [4.69, 9.17) is 14.5 Å². The summed E-state index contributed by atoms with van der Waals surface area (Å²) in [6, 6.07) is 23.6. The first-order chi connectivity index (χ1) is 14.8. The molecule has 0 atom stereocenters. The van der Waals surface area contributed by atoms with Crippen LogP contribution in [0, 0.1) is 0 Å². The zero-order valence-electron chi connectivity index (χ0n) is 16.7. The minimum atomic E-state index is -0.317. The number of aromatic nitrogens is 2. The van der Waals surface area contributed by atoms with Crippen molar-refractivity contribution in [3.8, 4) is 17.0 Å². The fraction of sp³-hybridized carbons (Fsp3) is 0.167. The first-order valence-corrected chi connectivity index (χ1v) is 9.89. The highest BCUT2D eigenvalue weighted by molar-refractivity contribution is 5.82. The maximum atomic E-state index is 11.9. The second kappa shape index (κ2) is 9.13. The molecule has 30 heavy (non-hydrogen) atoms. The molecule has 0 saturated heterocycles. The van der Waals surface area contributed by atoms with Crippen LogP contribution in [0.3, 0.4) is 0 Å². The van der Waals surface area contributed by atoms with Gasteiger partial charge in [-0.15, -0.1) is 0 Å². The normalized spacial score (nSPS) is 10.7. The van der Waals surface area contributed by atoms with Crippen molar-refractivity contribution in [2.24, 2.45) is 0 Å². The minimum absolute atomic E-state index is 0.0521. The van der Waals surface area contributed by atoms with Crippen LogP contribution in [-0.2, 0) is 16.1 Å². The number of pyridine rings is 1. The molecular formula is C24H23N3O3. The predicted octanol–water partition coefficient (Wildman–Crippen LogP) is 4.56. The summed E-state index contributed by atoms with van der Waals surface area (Å²) in [4.78, 5) is 16.8. The minimum Gasteiger partial charge on any atom is -0.485 e. The third kappa shape index (κ3) is 4.27. The van der Waals surface area contributed by atoms with Crippen molar-refractivity contribution < 1.29 is 14.3 Å². The molecule has 0 unspecified atom stereocenters. The van der Waals surface area contributed by atoms with Gasteiger partial charge in [0.05, 0.1) is 6.61 Å². The lowest BCUT2D eigenvalue weighted by Crippen LogP contribution is -2.17. The fourth-order valence-electron chi connectivity index (χ4n) is 3.22. The molecule has 4 aromatic rings. The average Bonchev–Trinajstić information content (AvgIpc) is 3.17. The maximum Gasteiger partial charge on any atom is 0.325 e. The molecule has 1 N–H and O–H groups in total. The van der Waals surface area contributed by atoms with E-state index in [9.17, 15) is 4.79 Å². The standard InChI is InChI=1S/C24H23N3O3/c1-2-29-21(28)16-25-24-22(19-12-7-4-8-13-19)26-23-20(14-9-15-27(23)24)30-17-18-10-5-3-6-11-18/h3-15,25H,2,16-17H2,1H3. The molecule has 2 heterocycles. The topological polar surface area (TPSA) is 64.9 Å². The van der Waals surface area contributed by atoms with Crippen LogP contribution in [0.25, 0.3) is 16.9 Å². The van der Waals surface area contributed by atoms with Crippen LogP contribution in [0.2, 0.25) is 0 Å². The second-order valence-corrected chi connectivity index (χ2v) is 6.67.